The highest BCUT2D eigenvalue weighted by atomic mass is 35.5. The summed E-state index contributed by atoms with van der Waals surface area (Å²) in [7, 11) is 0. The molecule has 0 bridgehead atoms. The van der Waals surface area contributed by atoms with E-state index in [-0.39, 0.29) is 18.9 Å². The zero-order chi connectivity index (χ0) is 18.5. The number of rotatable bonds is 6. The Balaban J connectivity index is 1.54. The number of thiazole rings is 1. The lowest BCUT2D eigenvalue weighted by atomic mass is 10.2. The number of aryl methyl sites for hydroxylation is 1. The molecule has 0 fully saturated rings. The number of nitrogens with one attached hydrogen (secondary N) is 1. The maximum Gasteiger partial charge on any atom is 0.231 e. The van der Waals surface area contributed by atoms with E-state index in [1.54, 1.807) is 18.2 Å². The van der Waals surface area contributed by atoms with Gasteiger partial charge in [0, 0.05) is 21.1 Å². The van der Waals surface area contributed by atoms with E-state index in [1.807, 2.05) is 36.6 Å². The number of anilines is 1. The number of carbonyl (C=O) groups excluding carboxylic acids is 1. The van der Waals surface area contributed by atoms with E-state index >= 15 is 0 Å². The first-order chi connectivity index (χ1) is 12.5. The van der Waals surface area contributed by atoms with Crippen LogP contribution in [0.25, 0.3) is 0 Å². The van der Waals surface area contributed by atoms with Crippen molar-refractivity contribution in [1.82, 2.24) is 4.98 Å². The zero-order valence-corrected chi connectivity index (χ0v) is 16.3. The summed E-state index contributed by atoms with van der Waals surface area (Å²) in [5, 5.41) is 6.50. The highest BCUT2D eigenvalue weighted by Crippen LogP contribution is 2.25. The molecule has 0 saturated carbocycles. The number of halogens is 2. The van der Waals surface area contributed by atoms with Gasteiger partial charge in [0.05, 0.1) is 12.1 Å². The van der Waals surface area contributed by atoms with Crippen molar-refractivity contribution in [2.75, 3.05) is 5.32 Å². The third-order valence-corrected chi connectivity index (χ3v) is 4.80. The van der Waals surface area contributed by atoms with E-state index in [1.165, 1.54) is 11.3 Å². The van der Waals surface area contributed by atoms with Crippen molar-refractivity contribution in [1.29, 1.82) is 0 Å². The average Bonchev–Trinajstić information content (AvgIpc) is 3.01. The van der Waals surface area contributed by atoms with Crippen LogP contribution in [0.1, 0.15) is 16.3 Å². The van der Waals surface area contributed by atoms with Crippen LogP contribution in [0.4, 0.5) is 5.69 Å². The first kappa shape index (κ1) is 18.7. The van der Waals surface area contributed by atoms with E-state index in [0.717, 1.165) is 22.0 Å². The van der Waals surface area contributed by atoms with Gasteiger partial charge in [0.2, 0.25) is 5.91 Å². The molecule has 1 heterocycles. The smallest absolute Gasteiger partial charge is 0.231 e. The largest absolute Gasteiger partial charge is 0.487 e. The molecule has 3 rings (SSSR count). The predicted molar refractivity (Wildman–Crippen MR) is 106 cm³/mol. The number of benzene rings is 2. The molecule has 0 saturated heterocycles. The molecule has 4 nitrogen and oxygen atoms in total. The van der Waals surface area contributed by atoms with Gasteiger partial charge in [-0.1, -0.05) is 40.9 Å². The molecule has 0 aliphatic rings. The lowest BCUT2D eigenvalue weighted by Gasteiger charge is -2.05. The fourth-order valence-corrected chi connectivity index (χ4v) is 3.53. The topological polar surface area (TPSA) is 51.2 Å². The average molecular weight is 407 g/mol. The third-order valence-electron chi connectivity index (χ3n) is 3.47. The maximum absolute atomic E-state index is 12.1. The second-order valence-electron chi connectivity index (χ2n) is 5.72. The van der Waals surface area contributed by atoms with Crippen LogP contribution in [0.3, 0.4) is 0 Å². The van der Waals surface area contributed by atoms with E-state index in [0.29, 0.717) is 15.8 Å². The van der Waals surface area contributed by atoms with Gasteiger partial charge in [0.25, 0.3) is 0 Å². The van der Waals surface area contributed by atoms with E-state index in [9.17, 15) is 4.79 Å². The number of amides is 1. The highest BCUT2D eigenvalue weighted by molar-refractivity contribution is 7.09. The van der Waals surface area contributed by atoms with E-state index in [2.05, 4.69) is 10.3 Å². The number of aromatic nitrogens is 1. The Morgan fingerprint density at radius 3 is 2.54 bits per heavy atom. The molecular formula is C19H16Cl2N2O2S. The molecule has 2 aromatic carbocycles. The summed E-state index contributed by atoms with van der Waals surface area (Å²) >= 11 is 13.3. The van der Waals surface area contributed by atoms with E-state index in [4.69, 9.17) is 27.9 Å². The quantitative estimate of drug-likeness (QED) is 0.586. The molecule has 0 aliphatic carbocycles. The molecule has 7 heteroatoms. The van der Waals surface area contributed by atoms with Crippen LogP contribution in [0.5, 0.6) is 5.75 Å². The summed E-state index contributed by atoms with van der Waals surface area (Å²) in [6.07, 6.45) is 0.224. The summed E-state index contributed by atoms with van der Waals surface area (Å²) in [6, 6.07) is 12.7. The van der Waals surface area contributed by atoms with Crippen molar-refractivity contribution in [3.8, 4) is 5.75 Å². The molecule has 0 unspecified atom stereocenters. The van der Waals surface area contributed by atoms with Gasteiger partial charge in [-0.2, -0.15) is 0 Å². The maximum atomic E-state index is 12.1. The summed E-state index contributed by atoms with van der Waals surface area (Å²) in [6.45, 7) is 2.29. The van der Waals surface area contributed by atoms with Gasteiger partial charge in [-0.3, -0.25) is 4.79 Å². The summed E-state index contributed by atoms with van der Waals surface area (Å²) < 4.78 is 5.65. The second-order valence-corrected chi connectivity index (χ2v) is 7.53. The Kier molecular flexibility index (Phi) is 6.14. The van der Waals surface area contributed by atoms with Gasteiger partial charge in [-0.25, -0.2) is 4.98 Å². The van der Waals surface area contributed by atoms with Gasteiger partial charge in [0.1, 0.15) is 17.4 Å². The third kappa shape index (κ3) is 5.46. The van der Waals surface area contributed by atoms with Crippen molar-refractivity contribution < 1.29 is 9.53 Å². The minimum atomic E-state index is -0.0997. The number of hydrogen-bond acceptors (Lipinski definition) is 4. The zero-order valence-electron chi connectivity index (χ0n) is 14.0. The molecule has 26 heavy (non-hydrogen) atoms. The monoisotopic (exact) mass is 406 g/mol. The minimum Gasteiger partial charge on any atom is -0.487 e. The number of hydrogen-bond donors (Lipinski definition) is 1. The summed E-state index contributed by atoms with van der Waals surface area (Å²) in [5.74, 6) is 0.478. The van der Waals surface area contributed by atoms with Crippen LogP contribution in [0.2, 0.25) is 10.0 Å². The molecule has 1 aromatic heterocycles. The van der Waals surface area contributed by atoms with Crippen LogP contribution >= 0.6 is 34.5 Å². The van der Waals surface area contributed by atoms with Crippen LogP contribution < -0.4 is 10.1 Å². The Bertz CT molecular complexity index is 890. The highest BCUT2D eigenvalue weighted by Gasteiger charge is 2.09. The fraction of sp³-hybridized carbons (Fsp3) is 0.158. The molecule has 1 N–H and O–H groups in total. The van der Waals surface area contributed by atoms with Crippen molar-refractivity contribution in [3.63, 3.8) is 0 Å². The second kappa shape index (κ2) is 8.54. The Morgan fingerprint density at radius 1 is 1.15 bits per heavy atom. The minimum absolute atomic E-state index is 0.0997. The molecular weight excluding hydrogens is 391 g/mol. The van der Waals surface area contributed by atoms with Crippen molar-refractivity contribution in [2.24, 2.45) is 0 Å². The van der Waals surface area contributed by atoms with Gasteiger partial charge in [-0.15, -0.1) is 11.3 Å². The van der Waals surface area contributed by atoms with Crippen LogP contribution in [0.15, 0.2) is 47.8 Å². The Labute approximate surface area is 165 Å². The fourth-order valence-electron chi connectivity index (χ4n) is 2.24. The summed E-state index contributed by atoms with van der Waals surface area (Å²) in [4.78, 5) is 16.6. The lowest BCUT2D eigenvalue weighted by Crippen LogP contribution is -2.14. The van der Waals surface area contributed by atoms with Crippen LogP contribution in [-0.4, -0.2) is 10.9 Å². The van der Waals surface area contributed by atoms with Gasteiger partial charge < -0.3 is 10.1 Å². The summed E-state index contributed by atoms with van der Waals surface area (Å²) in [5.41, 5.74) is 2.68. The van der Waals surface area contributed by atoms with Crippen LogP contribution in [0, 0.1) is 6.92 Å². The molecule has 0 radical (unpaired) electrons. The molecule has 0 aliphatic heterocycles. The number of ether oxygens (including phenoxy) is 1. The molecule has 1 amide bonds. The lowest BCUT2D eigenvalue weighted by molar-refractivity contribution is -0.115. The standard InChI is InChI=1S/C19H16Cl2N2O2S/c1-12-2-4-15(5-3-12)22-18(24)9-19-23-16(11-26-19)10-25-17-7-13(20)6-14(21)8-17/h2-8,11H,9-10H2,1H3,(H,22,24). The first-order valence-corrected chi connectivity index (χ1v) is 9.50. The molecule has 0 atom stereocenters. The van der Waals surface area contributed by atoms with E-state index < -0.39 is 0 Å². The SMILES string of the molecule is Cc1ccc(NC(=O)Cc2nc(COc3cc(Cl)cc(Cl)c3)cs2)cc1. The van der Waals surface area contributed by atoms with Gasteiger partial charge in [-0.05, 0) is 37.3 Å². The predicted octanol–water partition coefficient (Wildman–Crippen LogP) is 5.52. The normalized spacial score (nSPS) is 10.6. The number of carbonyl (C=O) groups is 1. The van der Waals surface area contributed by atoms with Gasteiger partial charge in [0.15, 0.2) is 0 Å². The van der Waals surface area contributed by atoms with Crippen molar-refractivity contribution >= 4 is 46.1 Å². The number of nitrogens with zero attached hydrogens (tertiary/aromatic N) is 1. The van der Waals surface area contributed by atoms with Crippen molar-refractivity contribution in [2.45, 2.75) is 20.0 Å². The molecule has 0 spiro atoms. The molecule has 134 valence electrons. The van der Waals surface area contributed by atoms with Crippen molar-refractivity contribution in [3.05, 3.63) is 74.2 Å². The first-order valence-electron chi connectivity index (χ1n) is 7.86. The molecule has 3 aromatic rings. The van der Waals surface area contributed by atoms with Crippen LogP contribution in [-0.2, 0) is 17.8 Å². The Hall–Kier alpha value is -2.08. The Morgan fingerprint density at radius 2 is 1.85 bits per heavy atom. The van der Waals surface area contributed by atoms with Gasteiger partial charge >= 0.3 is 0 Å².